The molecule has 0 unspecified atom stereocenters. The lowest BCUT2D eigenvalue weighted by Crippen LogP contribution is -2.52. The van der Waals surface area contributed by atoms with Crippen molar-refractivity contribution in [1.29, 1.82) is 0 Å². The summed E-state index contributed by atoms with van der Waals surface area (Å²) in [6.45, 7) is 5.05. The van der Waals surface area contributed by atoms with Gasteiger partial charge in [-0.3, -0.25) is 9.48 Å². The number of hydrogen-bond acceptors (Lipinski definition) is 4. The third-order valence-corrected chi connectivity index (χ3v) is 3.64. The number of β-amino-alcohol motifs (C(OH)–C–C–N with tert-alkyl or cyclic N) is 1. The fraction of sp³-hybridized carbons (Fsp3) is 0.692. The second-order valence-corrected chi connectivity index (χ2v) is 5.20. The minimum Gasteiger partial charge on any atom is -0.393 e. The number of nitrogens with zero attached hydrogens (tertiary/aromatic N) is 3. The molecule has 1 aromatic rings. The summed E-state index contributed by atoms with van der Waals surface area (Å²) < 4.78 is 1.77. The Hall–Kier alpha value is -1.40. The molecule has 1 aromatic heterocycles. The van der Waals surface area contributed by atoms with Gasteiger partial charge in [0.1, 0.15) is 5.60 Å². The molecule has 6 nitrogen and oxygen atoms in total. The zero-order valence-electron chi connectivity index (χ0n) is 11.5. The van der Waals surface area contributed by atoms with E-state index >= 15 is 0 Å². The molecule has 0 spiro atoms. The van der Waals surface area contributed by atoms with E-state index < -0.39 is 5.60 Å². The van der Waals surface area contributed by atoms with Gasteiger partial charge < -0.3 is 15.1 Å². The standard InChI is InChI=1S/C13H21N3O3/c1-3-16-10(2)7-11(14-16)12(18)15-6-4-5-13(19,8-15)9-17/h7,17,19H,3-6,8-9H2,1-2H3/t13-/m0/s1. The number of aromatic nitrogens is 2. The Kier molecular flexibility index (Phi) is 3.91. The first kappa shape index (κ1) is 14.0. The molecule has 1 aliphatic heterocycles. The Morgan fingerprint density at radius 3 is 2.89 bits per heavy atom. The van der Waals surface area contributed by atoms with Gasteiger partial charge in [-0.05, 0) is 32.8 Å². The maximum absolute atomic E-state index is 12.3. The number of carbonyl (C=O) groups is 1. The molecule has 2 N–H and O–H groups in total. The minimum atomic E-state index is -1.17. The van der Waals surface area contributed by atoms with E-state index in [-0.39, 0.29) is 19.1 Å². The van der Waals surface area contributed by atoms with Gasteiger partial charge in [0.05, 0.1) is 13.2 Å². The maximum Gasteiger partial charge on any atom is 0.274 e. The van der Waals surface area contributed by atoms with Crippen LogP contribution in [0.3, 0.4) is 0 Å². The summed E-state index contributed by atoms with van der Waals surface area (Å²) in [5.74, 6) is -0.179. The van der Waals surface area contributed by atoms with Crippen LogP contribution in [0.25, 0.3) is 0 Å². The third kappa shape index (κ3) is 2.79. The molecule has 106 valence electrons. The molecular formula is C13H21N3O3. The van der Waals surface area contributed by atoms with Crippen LogP contribution >= 0.6 is 0 Å². The van der Waals surface area contributed by atoms with Gasteiger partial charge in [-0.2, -0.15) is 5.10 Å². The van der Waals surface area contributed by atoms with Crippen molar-refractivity contribution in [1.82, 2.24) is 14.7 Å². The molecule has 0 saturated carbocycles. The Morgan fingerprint density at radius 2 is 2.32 bits per heavy atom. The lowest BCUT2D eigenvalue weighted by Gasteiger charge is -2.37. The Morgan fingerprint density at radius 1 is 1.58 bits per heavy atom. The number of aliphatic hydroxyl groups is 2. The summed E-state index contributed by atoms with van der Waals surface area (Å²) in [5, 5.41) is 23.5. The van der Waals surface area contributed by atoms with E-state index in [0.29, 0.717) is 25.1 Å². The number of rotatable bonds is 3. The number of aliphatic hydroxyl groups excluding tert-OH is 1. The normalized spacial score (nSPS) is 23.7. The van der Waals surface area contributed by atoms with Gasteiger partial charge in [-0.1, -0.05) is 0 Å². The van der Waals surface area contributed by atoms with E-state index in [2.05, 4.69) is 5.10 Å². The van der Waals surface area contributed by atoms with Crippen molar-refractivity contribution in [3.05, 3.63) is 17.5 Å². The van der Waals surface area contributed by atoms with Crippen LogP contribution in [-0.2, 0) is 6.54 Å². The Balaban J connectivity index is 2.14. The van der Waals surface area contributed by atoms with Gasteiger partial charge in [0, 0.05) is 18.8 Å². The smallest absolute Gasteiger partial charge is 0.274 e. The molecule has 0 radical (unpaired) electrons. The van der Waals surface area contributed by atoms with Crippen molar-refractivity contribution >= 4 is 5.91 Å². The number of carbonyl (C=O) groups excluding carboxylic acids is 1. The first-order valence-corrected chi connectivity index (χ1v) is 6.66. The van der Waals surface area contributed by atoms with E-state index in [0.717, 1.165) is 12.2 Å². The summed E-state index contributed by atoms with van der Waals surface area (Å²) in [7, 11) is 0. The van der Waals surface area contributed by atoms with Crippen LogP contribution in [-0.4, -0.2) is 56.1 Å². The molecule has 2 heterocycles. The average Bonchev–Trinajstić information content (AvgIpc) is 2.79. The monoisotopic (exact) mass is 267 g/mol. The van der Waals surface area contributed by atoms with Gasteiger partial charge in [0.2, 0.25) is 0 Å². The van der Waals surface area contributed by atoms with Gasteiger partial charge in [-0.15, -0.1) is 0 Å². The molecule has 19 heavy (non-hydrogen) atoms. The zero-order valence-corrected chi connectivity index (χ0v) is 11.5. The summed E-state index contributed by atoms with van der Waals surface area (Å²) in [6, 6.07) is 1.76. The van der Waals surface area contributed by atoms with E-state index in [1.54, 1.807) is 15.6 Å². The van der Waals surface area contributed by atoms with Crippen LogP contribution in [0, 0.1) is 6.92 Å². The maximum atomic E-state index is 12.3. The first-order valence-electron chi connectivity index (χ1n) is 6.66. The predicted octanol–water partition coefficient (Wildman–Crippen LogP) is 0.171. The third-order valence-electron chi connectivity index (χ3n) is 3.64. The lowest BCUT2D eigenvalue weighted by molar-refractivity contribution is -0.0599. The molecule has 1 aliphatic rings. The highest BCUT2D eigenvalue weighted by molar-refractivity contribution is 5.92. The van der Waals surface area contributed by atoms with E-state index in [1.165, 1.54) is 0 Å². The van der Waals surface area contributed by atoms with Crippen LogP contribution in [0.1, 0.15) is 35.9 Å². The SMILES string of the molecule is CCn1nc(C(=O)N2CCC[C@@](O)(CO)C2)cc1C. The summed E-state index contributed by atoms with van der Waals surface area (Å²) in [6.07, 6.45) is 1.21. The fourth-order valence-corrected chi connectivity index (χ4v) is 2.51. The van der Waals surface area contributed by atoms with Crippen molar-refractivity contribution < 1.29 is 15.0 Å². The summed E-state index contributed by atoms with van der Waals surface area (Å²) >= 11 is 0. The molecule has 0 bridgehead atoms. The van der Waals surface area contributed by atoms with Crippen LogP contribution < -0.4 is 0 Å². The summed E-state index contributed by atoms with van der Waals surface area (Å²) in [4.78, 5) is 13.9. The topological polar surface area (TPSA) is 78.6 Å². The van der Waals surface area contributed by atoms with Crippen LogP contribution in [0.15, 0.2) is 6.07 Å². The fourth-order valence-electron chi connectivity index (χ4n) is 2.51. The zero-order chi connectivity index (χ0) is 14.0. The number of hydrogen-bond donors (Lipinski definition) is 2. The molecule has 6 heteroatoms. The summed E-state index contributed by atoms with van der Waals surface area (Å²) in [5.41, 5.74) is 0.179. The second-order valence-electron chi connectivity index (χ2n) is 5.20. The molecule has 0 aromatic carbocycles. The van der Waals surface area contributed by atoms with Crippen LogP contribution in [0.5, 0.6) is 0 Å². The van der Waals surface area contributed by atoms with Gasteiger partial charge in [0.15, 0.2) is 5.69 Å². The molecular weight excluding hydrogens is 246 g/mol. The van der Waals surface area contributed by atoms with E-state index in [1.807, 2.05) is 13.8 Å². The molecule has 2 rings (SSSR count). The van der Waals surface area contributed by atoms with Crippen LogP contribution in [0.4, 0.5) is 0 Å². The number of piperidine rings is 1. The molecule has 1 fully saturated rings. The Bertz CT molecular complexity index is 472. The molecule has 1 saturated heterocycles. The van der Waals surface area contributed by atoms with Crippen molar-refractivity contribution in [2.45, 2.75) is 38.8 Å². The quantitative estimate of drug-likeness (QED) is 0.818. The van der Waals surface area contributed by atoms with E-state index in [9.17, 15) is 15.0 Å². The molecule has 1 atom stereocenters. The van der Waals surface area contributed by atoms with Crippen molar-refractivity contribution in [2.24, 2.45) is 0 Å². The highest BCUT2D eigenvalue weighted by Crippen LogP contribution is 2.22. The van der Waals surface area contributed by atoms with E-state index in [4.69, 9.17) is 0 Å². The van der Waals surface area contributed by atoms with Gasteiger partial charge >= 0.3 is 0 Å². The highest BCUT2D eigenvalue weighted by Gasteiger charge is 2.35. The van der Waals surface area contributed by atoms with Gasteiger partial charge in [0.25, 0.3) is 5.91 Å². The second kappa shape index (κ2) is 5.30. The minimum absolute atomic E-state index is 0.167. The number of aryl methyl sites for hydroxylation is 2. The predicted molar refractivity (Wildman–Crippen MR) is 69.8 cm³/mol. The number of amides is 1. The lowest BCUT2D eigenvalue weighted by atomic mass is 9.93. The first-order chi connectivity index (χ1) is 8.99. The molecule has 0 aliphatic carbocycles. The van der Waals surface area contributed by atoms with Gasteiger partial charge in [-0.25, -0.2) is 0 Å². The van der Waals surface area contributed by atoms with Crippen molar-refractivity contribution in [3.8, 4) is 0 Å². The number of likely N-dealkylation sites (tertiary alicyclic amines) is 1. The van der Waals surface area contributed by atoms with Crippen molar-refractivity contribution in [3.63, 3.8) is 0 Å². The van der Waals surface area contributed by atoms with Crippen molar-refractivity contribution in [2.75, 3.05) is 19.7 Å². The highest BCUT2D eigenvalue weighted by atomic mass is 16.3. The van der Waals surface area contributed by atoms with Crippen LogP contribution in [0.2, 0.25) is 0 Å². The Labute approximate surface area is 112 Å². The largest absolute Gasteiger partial charge is 0.393 e. The molecule has 1 amide bonds. The average molecular weight is 267 g/mol.